The van der Waals surface area contributed by atoms with Crippen LogP contribution >= 0.6 is 11.6 Å². The Bertz CT molecular complexity index is 1040. The van der Waals surface area contributed by atoms with Crippen LogP contribution in [0, 0.1) is 0 Å². The highest BCUT2D eigenvalue weighted by Gasteiger charge is 2.52. The number of ether oxygens (including phenoxy) is 2. The van der Waals surface area contributed by atoms with Crippen LogP contribution in [0.1, 0.15) is 52.9 Å². The van der Waals surface area contributed by atoms with Gasteiger partial charge in [-0.1, -0.05) is 81.4 Å². The molecular formula is C27H37ClO6SSi. The van der Waals surface area contributed by atoms with E-state index in [1.54, 1.807) is 0 Å². The average Bonchev–Trinajstić information content (AvgIpc) is 3.27. The number of hydrogen-bond acceptors (Lipinski definition) is 6. The highest BCUT2D eigenvalue weighted by atomic mass is 35.5. The van der Waals surface area contributed by atoms with Gasteiger partial charge in [0.25, 0.3) is 18.4 Å². The Labute approximate surface area is 221 Å². The van der Waals surface area contributed by atoms with Crippen LogP contribution in [0.2, 0.25) is 5.04 Å². The quantitative estimate of drug-likeness (QED) is 0.258. The third-order valence-electron chi connectivity index (χ3n) is 7.19. The number of benzene rings is 2. The molecular weight excluding hydrogens is 516 g/mol. The van der Waals surface area contributed by atoms with Crippen molar-refractivity contribution >= 4 is 40.4 Å². The van der Waals surface area contributed by atoms with E-state index < -0.39 is 41.6 Å². The normalized spacial score (nSPS) is 24.2. The molecule has 198 valence electrons. The van der Waals surface area contributed by atoms with Crippen LogP contribution in [0.15, 0.2) is 60.7 Å². The van der Waals surface area contributed by atoms with Gasteiger partial charge in [0, 0.05) is 12.8 Å². The summed E-state index contributed by atoms with van der Waals surface area (Å²) >= 11 is 5.73. The molecule has 0 N–H and O–H groups in total. The van der Waals surface area contributed by atoms with E-state index >= 15 is 0 Å². The lowest BCUT2D eigenvalue weighted by Gasteiger charge is -2.44. The largest absolute Gasteiger partial charge is 0.405 e. The van der Waals surface area contributed by atoms with E-state index in [4.69, 9.17) is 29.7 Å². The standard InChI is InChI=1S/C27H37ClO6SSi/c1-26(2,3)36(22-12-6-4-7-13-22,23-14-8-5-9-15-23)32-20-25(34-35(29,30)21-28)24-16-18-27(33-24)17-10-11-19-31-27/h4-9,12-15,24-25H,10-11,16-21H2,1-3H3. The summed E-state index contributed by atoms with van der Waals surface area (Å²) < 4.78 is 50.1. The molecule has 0 aliphatic carbocycles. The van der Waals surface area contributed by atoms with E-state index in [1.807, 2.05) is 36.4 Å². The Kier molecular flexibility index (Phi) is 8.66. The van der Waals surface area contributed by atoms with Crippen molar-refractivity contribution in [1.29, 1.82) is 0 Å². The van der Waals surface area contributed by atoms with Crippen molar-refractivity contribution < 1.29 is 26.5 Å². The zero-order valence-corrected chi connectivity index (χ0v) is 23.9. The molecule has 36 heavy (non-hydrogen) atoms. The van der Waals surface area contributed by atoms with Crippen LogP contribution < -0.4 is 10.4 Å². The molecule has 0 bridgehead atoms. The molecule has 2 aliphatic rings. The molecule has 6 nitrogen and oxygen atoms in total. The maximum Gasteiger partial charge on any atom is 0.281 e. The average molecular weight is 553 g/mol. The predicted octanol–water partition coefficient (Wildman–Crippen LogP) is 4.55. The van der Waals surface area contributed by atoms with E-state index in [0.29, 0.717) is 19.4 Å². The van der Waals surface area contributed by atoms with E-state index in [1.165, 1.54) is 0 Å². The molecule has 2 aliphatic heterocycles. The van der Waals surface area contributed by atoms with Crippen LogP contribution in [0.5, 0.6) is 0 Å². The molecule has 2 saturated heterocycles. The molecule has 2 heterocycles. The molecule has 2 aromatic carbocycles. The van der Waals surface area contributed by atoms with E-state index in [-0.39, 0.29) is 11.6 Å². The molecule has 2 fully saturated rings. The number of rotatable bonds is 9. The third-order valence-corrected chi connectivity index (χ3v) is 13.8. The van der Waals surface area contributed by atoms with E-state index in [0.717, 1.165) is 29.6 Å². The zero-order chi connectivity index (χ0) is 25.9. The molecule has 3 unspecified atom stereocenters. The van der Waals surface area contributed by atoms with E-state index in [9.17, 15) is 8.42 Å². The Hall–Kier alpha value is -1.26. The molecule has 0 radical (unpaired) electrons. The van der Waals surface area contributed by atoms with Gasteiger partial charge in [0.2, 0.25) is 0 Å². The summed E-state index contributed by atoms with van der Waals surface area (Å²) in [7, 11) is -6.84. The second kappa shape index (κ2) is 11.2. The fraction of sp³-hybridized carbons (Fsp3) is 0.556. The van der Waals surface area contributed by atoms with Crippen molar-refractivity contribution in [1.82, 2.24) is 0 Å². The fourth-order valence-electron chi connectivity index (χ4n) is 5.51. The highest BCUT2D eigenvalue weighted by Crippen LogP contribution is 2.41. The lowest BCUT2D eigenvalue weighted by Crippen LogP contribution is -2.67. The van der Waals surface area contributed by atoms with Gasteiger partial charge >= 0.3 is 0 Å². The van der Waals surface area contributed by atoms with E-state index in [2.05, 4.69) is 45.0 Å². The first-order valence-corrected chi connectivity index (χ1v) is 16.7. The first kappa shape index (κ1) is 27.8. The molecule has 3 atom stereocenters. The van der Waals surface area contributed by atoms with Gasteiger partial charge in [-0.05, 0) is 34.7 Å². The van der Waals surface area contributed by atoms with Gasteiger partial charge in [-0.15, -0.1) is 11.6 Å². The Balaban J connectivity index is 1.69. The molecule has 4 rings (SSSR count). The molecule has 0 saturated carbocycles. The van der Waals surface area contributed by atoms with Crippen molar-refractivity contribution in [3.8, 4) is 0 Å². The van der Waals surface area contributed by atoms with Crippen molar-refractivity contribution in [3.63, 3.8) is 0 Å². The second-order valence-corrected chi connectivity index (χ2v) is 17.2. The zero-order valence-electron chi connectivity index (χ0n) is 21.3. The molecule has 2 aromatic rings. The second-order valence-electron chi connectivity index (χ2n) is 10.7. The lowest BCUT2D eigenvalue weighted by atomic mass is 10.0. The summed E-state index contributed by atoms with van der Waals surface area (Å²) in [6, 6.07) is 20.5. The van der Waals surface area contributed by atoms with Gasteiger partial charge in [-0.2, -0.15) is 8.42 Å². The first-order valence-electron chi connectivity index (χ1n) is 12.6. The van der Waals surface area contributed by atoms with Crippen LogP contribution in [0.25, 0.3) is 0 Å². The summed E-state index contributed by atoms with van der Waals surface area (Å²) in [5, 5.41) is 1.34. The minimum absolute atomic E-state index is 0.0597. The van der Waals surface area contributed by atoms with Crippen molar-refractivity contribution in [3.05, 3.63) is 60.7 Å². The predicted molar refractivity (Wildman–Crippen MR) is 145 cm³/mol. The Morgan fingerprint density at radius 1 is 1.03 bits per heavy atom. The van der Waals surface area contributed by atoms with Gasteiger partial charge in [0.15, 0.2) is 5.79 Å². The minimum Gasteiger partial charge on any atom is -0.405 e. The van der Waals surface area contributed by atoms with Crippen LogP contribution in [0.4, 0.5) is 0 Å². The Morgan fingerprint density at radius 2 is 1.64 bits per heavy atom. The van der Waals surface area contributed by atoms with Crippen molar-refractivity contribution in [2.24, 2.45) is 0 Å². The van der Waals surface area contributed by atoms with Gasteiger partial charge < -0.3 is 13.9 Å². The monoisotopic (exact) mass is 552 g/mol. The summed E-state index contributed by atoms with van der Waals surface area (Å²) in [5.41, 5.74) is 0. The van der Waals surface area contributed by atoms with Crippen LogP contribution in [-0.2, 0) is 28.2 Å². The van der Waals surface area contributed by atoms with Crippen LogP contribution in [0.3, 0.4) is 0 Å². The van der Waals surface area contributed by atoms with Gasteiger partial charge in [-0.3, -0.25) is 4.18 Å². The topological polar surface area (TPSA) is 71.1 Å². The smallest absolute Gasteiger partial charge is 0.281 e. The van der Waals surface area contributed by atoms with Gasteiger partial charge in [-0.25, -0.2) is 0 Å². The highest BCUT2D eigenvalue weighted by molar-refractivity contribution is 7.87. The van der Waals surface area contributed by atoms with Gasteiger partial charge in [0.1, 0.15) is 11.3 Å². The molecule has 1 spiro atoms. The molecule has 9 heteroatoms. The molecule has 0 aromatic heterocycles. The Morgan fingerprint density at radius 3 is 2.14 bits per heavy atom. The summed E-state index contributed by atoms with van der Waals surface area (Å²) in [4.78, 5) is 0. The van der Waals surface area contributed by atoms with Crippen molar-refractivity contribution in [2.45, 2.75) is 75.9 Å². The lowest BCUT2D eigenvalue weighted by molar-refractivity contribution is -0.253. The third kappa shape index (κ3) is 5.90. The van der Waals surface area contributed by atoms with Crippen LogP contribution in [-0.4, -0.2) is 53.2 Å². The number of hydrogen-bond donors (Lipinski definition) is 0. The SMILES string of the molecule is CC(C)(C)[Si](OCC(OS(=O)(=O)CCl)C1CCC2(CCCCO2)O1)(c1ccccc1)c1ccccc1. The molecule has 0 amide bonds. The summed E-state index contributed by atoms with van der Waals surface area (Å²) in [5.74, 6) is -0.660. The van der Waals surface area contributed by atoms with Crippen molar-refractivity contribution in [2.75, 3.05) is 18.4 Å². The maximum absolute atomic E-state index is 12.5. The fourth-order valence-corrected chi connectivity index (χ4v) is 10.8. The summed E-state index contributed by atoms with van der Waals surface area (Å²) in [6.07, 6.45) is 2.86. The first-order chi connectivity index (χ1) is 17.1. The van der Waals surface area contributed by atoms with Gasteiger partial charge in [0.05, 0.1) is 19.3 Å². The summed E-state index contributed by atoms with van der Waals surface area (Å²) in [6.45, 7) is 7.26. The maximum atomic E-state index is 12.5. The minimum atomic E-state index is -3.95. The number of halogens is 1. The number of alkyl halides is 1.